The van der Waals surface area contributed by atoms with Gasteiger partial charge in [0.2, 0.25) is 0 Å². The van der Waals surface area contributed by atoms with Crippen LogP contribution in [0.2, 0.25) is 0 Å². The van der Waals surface area contributed by atoms with Gasteiger partial charge in [0.25, 0.3) is 0 Å². The van der Waals surface area contributed by atoms with E-state index >= 15 is 0 Å². The van der Waals surface area contributed by atoms with E-state index in [1.165, 1.54) is 19.3 Å². The van der Waals surface area contributed by atoms with Gasteiger partial charge in [-0.05, 0) is 47.0 Å². The Labute approximate surface area is 190 Å². The highest BCUT2D eigenvalue weighted by Crippen LogP contribution is 2.14. The Morgan fingerprint density at radius 2 is 1.90 bits per heavy atom. The molecule has 0 saturated carbocycles. The van der Waals surface area contributed by atoms with Gasteiger partial charge in [0.1, 0.15) is 18.0 Å². The highest BCUT2D eigenvalue weighted by molar-refractivity contribution is 14.0. The van der Waals surface area contributed by atoms with Crippen LogP contribution >= 0.6 is 24.0 Å². The topological polar surface area (TPSA) is 105 Å². The fourth-order valence-corrected chi connectivity index (χ4v) is 2.95. The summed E-state index contributed by atoms with van der Waals surface area (Å²) in [6.45, 7) is 11.1. The van der Waals surface area contributed by atoms with Crippen molar-refractivity contribution in [2.75, 3.05) is 19.6 Å². The highest BCUT2D eigenvalue weighted by atomic mass is 127. The maximum absolute atomic E-state index is 11.6. The number of alkyl carbamates (subject to hydrolysis) is 1. The summed E-state index contributed by atoms with van der Waals surface area (Å²) in [5.74, 6) is 2.74. The van der Waals surface area contributed by atoms with Gasteiger partial charge in [0.15, 0.2) is 11.8 Å². The molecule has 0 radical (unpaired) electrons. The van der Waals surface area contributed by atoms with E-state index in [-0.39, 0.29) is 30.1 Å². The van der Waals surface area contributed by atoms with Gasteiger partial charge in [-0.25, -0.2) is 9.79 Å². The fourth-order valence-electron chi connectivity index (χ4n) is 2.95. The second kappa shape index (κ2) is 12.9. The smallest absolute Gasteiger partial charge is 0.407 e. The van der Waals surface area contributed by atoms with Gasteiger partial charge in [-0.15, -0.1) is 34.2 Å². The molecule has 2 heterocycles. The van der Waals surface area contributed by atoms with Crippen molar-refractivity contribution in [2.45, 2.75) is 78.5 Å². The molecule has 2 rings (SSSR count). The first-order valence-corrected chi connectivity index (χ1v) is 10.3. The van der Waals surface area contributed by atoms with Crippen molar-refractivity contribution < 1.29 is 9.53 Å². The molecule has 1 aromatic rings. The number of guanidine groups is 1. The van der Waals surface area contributed by atoms with E-state index in [1.54, 1.807) is 0 Å². The Morgan fingerprint density at radius 1 is 1.14 bits per heavy atom. The third kappa shape index (κ3) is 9.64. The molecule has 10 heteroatoms. The second-order valence-electron chi connectivity index (χ2n) is 7.90. The maximum Gasteiger partial charge on any atom is 0.407 e. The molecule has 9 nitrogen and oxygen atoms in total. The van der Waals surface area contributed by atoms with E-state index in [0.29, 0.717) is 19.6 Å². The zero-order chi connectivity index (χ0) is 20.4. The normalized spacial score (nSPS) is 14.3. The van der Waals surface area contributed by atoms with E-state index in [2.05, 4.69) is 35.7 Å². The standard InChI is InChI=1S/C19H35N7O2.HI/c1-5-20-17(21-11-9-12-22-18(27)28-19(2,3)4)23-14-16-25-24-15-10-7-6-8-13-26(15)16;/h5-14H2,1-4H3,(H,22,27)(H2,20,21,23);1H. The molecular weight excluding hydrogens is 485 g/mol. The number of aryl methyl sites for hydroxylation is 1. The first kappa shape index (κ1) is 25.4. The average molecular weight is 521 g/mol. The molecule has 166 valence electrons. The van der Waals surface area contributed by atoms with Crippen LogP contribution in [-0.4, -0.2) is 52.1 Å². The molecule has 0 fully saturated rings. The van der Waals surface area contributed by atoms with Crippen LogP contribution in [0.15, 0.2) is 4.99 Å². The van der Waals surface area contributed by atoms with Crippen molar-refractivity contribution in [2.24, 2.45) is 4.99 Å². The molecule has 29 heavy (non-hydrogen) atoms. The quantitative estimate of drug-likeness (QED) is 0.221. The Bertz CT molecular complexity index is 655. The number of carbonyl (C=O) groups is 1. The number of hydrogen-bond acceptors (Lipinski definition) is 5. The minimum Gasteiger partial charge on any atom is -0.444 e. The summed E-state index contributed by atoms with van der Waals surface area (Å²) in [4.78, 5) is 16.3. The summed E-state index contributed by atoms with van der Waals surface area (Å²) in [5, 5.41) is 17.9. The van der Waals surface area contributed by atoms with Gasteiger partial charge in [0.05, 0.1) is 0 Å². The summed E-state index contributed by atoms with van der Waals surface area (Å²) in [5.41, 5.74) is -0.479. The minimum absolute atomic E-state index is 0. The van der Waals surface area contributed by atoms with Gasteiger partial charge < -0.3 is 25.3 Å². The van der Waals surface area contributed by atoms with Crippen LogP contribution < -0.4 is 16.0 Å². The predicted octanol–water partition coefficient (Wildman–Crippen LogP) is 2.59. The average Bonchev–Trinajstić information content (AvgIpc) is 2.84. The lowest BCUT2D eigenvalue weighted by Gasteiger charge is -2.19. The molecule has 3 N–H and O–H groups in total. The van der Waals surface area contributed by atoms with E-state index in [4.69, 9.17) is 4.74 Å². The van der Waals surface area contributed by atoms with E-state index < -0.39 is 5.60 Å². The van der Waals surface area contributed by atoms with Crippen molar-refractivity contribution >= 4 is 36.0 Å². The third-order valence-corrected chi connectivity index (χ3v) is 4.22. The number of nitrogens with one attached hydrogen (secondary N) is 3. The molecule has 0 atom stereocenters. The van der Waals surface area contributed by atoms with Crippen LogP contribution in [0.25, 0.3) is 0 Å². The van der Waals surface area contributed by atoms with Gasteiger partial charge in [-0.2, -0.15) is 0 Å². The van der Waals surface area contributed by atoms with Crippen LogP contribution in [0.3, 0.4) is 0 Å². The summed E-state index contributed by atoms with van der Waals surface area (Å²) >= 11 is 0. The Kier molecular flexibility index (Phi) is 11.3. The molecule has 1 aliphatic heterocycles. The number of ether oxygens (including phenoxy) is 1. The molecular formula is C19H36IN7O2. The monoisotopic (exact) mass is 521 g/mol. The summed E-state index contributed by atoms with van der Waals surface area (Å²) in [6, 6.07) is 0. The number of rotatable bonds is 7. The molecule has 0 spiro atoms. The SMILES string of the molecule is CCNC(=NCc1nnc2n1CCCCC2)NCCCNC(=O)OC(C)(C)C.I. The number of amides is 1. The summed E-state index contributed by atoms with van der Waals surface area (Å²) < 4.78 is 7.43. The molecule has 1 aliphatic rings. The Hall–Kier alpha value is -1.59. The van der Waals surface area contributed by atoms with Crippen molar-refractivity contribution in [3.05, 3.63) is 11.6 Å². The molecule has 0 unspecified atom stereocenters. The number of nitrogens with zero attached hydrogens (tertiary/aromatic N) is 4. The second-order valence-corrected chi connectivity index (χ2v) is 7.90. The number of halogens is 1. The zero-order valence-corrected chi connectivity index (χ0v) is 20.4. The van der Waals surface area contributed by atoms with Crippen molar-refractivity contribution in [1.82, 2.24) is 30.7 Å². The minimum atomic E-state index is -0.479. The van der Waals surface area contributed by atoms with Gasteiger partial charge in [-0.1, -0.05) is 6.42 Å². The van der Waals surface area contributed by atoms with Gasteiger partial charge in [-0.3, -0.25) is 0 Å². The first-order valence-electron chi connectivity index (χ1n) is 10.3. The lowest BCUT2D eigenvalue weighted by Crippen LogP contribution is -2.39. The lowest BCUT2D eigenvalue weighted by molar-refractivity contribution is 0.0527. The Morgan fingerprint density at radius 3 is 2.62 bits per heavy atom. The van der Waals surface area contributed by atoms with E-state index in [0.717, 1.165) is 43.5 Å². The van der Waals surface area contributed by atoms with Crippen molar-refractivity contribution in [3.8, 4) is 0 Å². The van der Waals surface area contributed by atoms with Crippen LogP contribution in [0.1, 0.15) is 65.0 Å². The van der Waals surface area contributed by atoms with Crippen LogP contribution in [-0.2, 0) is 24.2 Å². The van der Waals surface area contributed by atoms with Crippen LogP contribution in [0.4, 0.5) is 4.79 Å². The largest absolute Gasteiger partial charge is 0.444 e. The molecule has 0 aromatic carbocycles. The first-order chi connectivity index (χ1) is 13.4. The zero-order valence-electron chi connectivity index (χ0n) is 18.1. The lowest BCUT2D eigenvalue weighted by atomic mass is 10.2. The van der Waals surface area contributed by atoms with Crippen LogP contribution in [0, 0.1) is 0 Å². The maximum atomic E-state index is 11.6. The number of hydrogen-bond donors (Lipinski definition) is 3. The molecule has 1 aromatic heterocycles. The molecule has 0 aliphatic carbocycles. The fraction of sp³-hybridized carbons (Fsp3) is 0.789. The Balaban J connectivity index is 0.00000420. The highest BCUT2D eigenvalue weighted by Gasteiger charge is 2.16. The molecule has 0 bridgehead atoms. The van der Waals surface area contributed by atoms with Crippen molar-refractivity contribution in [1.29, 1.82) is 0 Å². The molecule has 1 amide bonds. The number of aromatic nitrogens is 3. The number of aliphatic imine (C=N–C) groups is 1. The molecule has 0 saturated heterocycles. The third-order valence-electron chi connectivity index (χ3n) is 4.22. The summed E-state index contributed by atoms with van der Waals surface area (Å²) in [6.07, 6.45) is 4.98. The number of fused-ring (bicyclic) bond motifs is 1. The van der Waals surface area contributed by atoms with Crippen LogP contribution in [0.5, 0.6) is 0 Å². The van der Waals surface area contributed by atoms with Gasteiger partial charge in [0, 0.05) is 32.6 Å². The predicted molar refractivity (Wildman–Crippen MR) is 125 cm³/mol. The summed E-state index contributed by atoms with van der Waals surface area (Å²) in [7, 11) is 0. The van der Waals surface area contributed by atoms with Crippen molar-refractivity contribution in [3.63, 3.8) is 0 Å². The van der Waals surface area contributed by atoms with E-state index in [9.17, 15) is 4.79 Å². The van der Waals surface area contributed by atoms with E-state index in [1.807, 2.05) is 27.7 Å². The van der Waals surface area contributed by atoms with Gasteiger partial charge >= 0.3 is 6.09 Å². The number of carbonyl (C=O) groups excluding carboxylic acids is 1.